The maximum absolute atomic E-state index is 9.30. The molecule has 58 valence electrons. The van der Waals surface area contributed by atoms with E-state index in [0.717, 1.165) is 12.0 Å². The second-order valence-corrected chi connectivity index (χ2v) is 3.52. The minimum absolute atomic E-state index is 0.0193. The van der Waals surface area contributed by atoms with Crippen molar-refractivity contribution in [2.24, 2.45) is 0 Å². The molecule has 0 fully saturated rings. The van der Waals surface area contributed by atoms with Crippen LogP contribution in [0.4, 0.5) is 0 Å². The van der Waals surface area contributed by atoms with E-state index in [4.69, 9.17) is 4.74 Å². The Hall–Kier alpha value is -0.700. The molecule has 0 aromatic heterocycles. The van der Waals surface area contributed by atoms with Gasteiger partial charge in [0, 0.05) is 12.0 Å². The third-order valence-electron chi connectivity index (χ3n) is 1.70. The van der Waals surface area contributed by atoms with Crippen LogP contribution in [-0.2, 0) is 6.42 Å². The Morgan fingerprint density at radius 2 is 2.36 bits per heavy atom. The van der Waals surface area contributed by atoms with Gasteiger partial charge in [0.05, 0.1) is 0 Å². The molecule has 0 saturated carbocycles. The zero-order valence-corrected chi connectivity index (χ0v) is 7.34. The molecule has 0 aliphatic carbocycles. The quantitative estimate of drug-likeness (QED) is 0.671. The van der Waals surface area contributed by atoms with Gasteiger partial charge in [-0.1, -0.05) is 12.1 Å². The molecule has 11 heavy (non-hydrogen) atoms. The van der Waals surface area contributed by atoms with Crippen LogP contribution in [0.5, 0.6) is 11.5 Å². The lowest BCUT2D eigenvalue weighted by Gasteiger charge is -2.01. The fraction of sp³-hybridized carbons (Fsp3) is 0.250. The molecule has 2 rings (SSSR count). The third kappa shape index (κ3) is 1.09. The summed E-state index contributed by atoms with van der Waals surface area (Å²) in [6.07, 6.45) is 0.823. The lowest BCUT2D eigenvalue weighted by atomic mass is 10.2. The highest BCUT2D eigenvalue weighted by Crippen LogP contribution is 2.38. The predicted molar refractivity (Wildman–Crippen MR) is 45.2 cm³/mol. The molecular weight excluding hydrogens is 208 g/mol. The number of ether oxygens (including phenoxy) is 1. The second kappa shape index (κ2) is 2.41. The fourth-order valence-electron chi connectivity index (χ4n) is 1.21. The third-order valence-corrected chi connectivity index (χ3v) is 2.21. The molecule has 1 aliphatic rings. The first-order valence-electron chi connectivity index (χ1n) is 3.39. The Morgan fingerprint density at radius 1 is 1.55 bits per heavy atom. The van der Waals surface area contributed by atoms with Crippen molar-refractivity contribution in [2.45, 2.75) is 11.4 Å². The lowest BCUT2D eigenvalue weighted by molar-refractivity contribution is 0.312. The number of aromatic hydroxyl groups is 1. The van der Waals surface area contributed by atoms with Gasteiger partial charge in [-0.05, 0) is 22.0 Å². The number of fused-ring (bicyclic) bond motifs is 1. The van der Waals surface area contributed by atoms with Crippen molar-refractivity contribution >= 4 is 15.9 Å². The molecule has 0 saturated heterocycles. The Balaban J connectivity index is 2.49. The largest absolute Gasteiger partial charge is 0.504 e. The first-order chi connectivity index (χ1) is 5.27. The molecule has 1 atom stereocenters. The Bertz CT molecular complexity index is 285. The molecule has 1 N–H and O–H groups in total. The van der Waals surface area contributed by atoms with Gasteiger partial charge in [0.1, 0.15) is 0 Å². The number of rotatable bonds is 0. The molecule has 0 bridgehead atoms. The molecule has 1 aliphatic heterocycles. The smallest absolute Gasteiger partial charge is 0.166 e. The van der Waals surface area contributed by atoms with Crippen LogP contribution in [-0.4, -0.2) is 10.1 Å². The van der Waals surface area contributed by atoms with Crippen molar-refractivity contribution in [2.75, 3.05) is 0 Å². The molecule has 1 aromatic carbocycles. The number of hydrogen-bond donors (Lipinski definition) is 1. The number of phenols is 1. The van der Waals surface area contributed by atoms with Gasteiger partial charge in [-0.3, -0.25) is 0 Å². The molecule has 3 heteroatoms. The lowest BCUT2D eigenvalue weighted by Crippen LogP contribution is -2.00. The molecule has 0 radical (unpaired) electrons. The van der Waals surface area contributed by atoms with Crippen molar-refractivity contribution in [3.8, 4) is 11.5 Å². The zero-order chi connectivity index (χ0) is 7.84. The standard InChI is InChI=1S/C8H7BrO2/c9-7-4-5-2-1-3-6(10)8(5)11-7/h1-3,7,10H,4H2. The Kier molecular flexibility index (Phi) is 1.53. The van der Waals surface area contributed by atoms with Gasteiger partial charge in [-0.25, -0.2) is 0 Å². The van der Waals surface area contributed by atoms with Crippen LogP contribution in [0.1, 0.15) is 5.56 Å². The Morgan fingerprint density at radius 3 is 3.09 bits per heavy atom. The van der Waals surface area contributed by atoms with E-state index in [1.54, 1.807) is 6.07 Å². The normalized spacial score (nSPS) is 21.0. The Labute approximate surface area is 72.9 Å². The summed E-state index contributed by atoms with van der Waals surface area (Å²) in [5, 5.41) is 9.32. The number of hydrogen-bond acceptors (Lipinski definition) is 2. The van der Waals surface area contributed by atoms with Crippen molar-refractivity contribution in [3.63, 3.8) is 0 Å². The monoisotopic (exact) mass is 214 g/mol. The molecule has 1 heterocycles. The van der Waals surface area contributed by atoms with Gasteiger partial charge in [0.25, 0.3) is 0 Å². The summed E-state index contributed by atoms with van der Waals surface area (Å²) in [7, 11) is 0. The summed E-state index contributed by atoms with van der Waals surface area (Å²) in [6.45, 7) is 0. The number of para-hydroxylation sites is 1. The van der Waals surface area contributed by atoms with E-state index in [1.807, 2.05) is 12.1 Å². The summed E-state index contributed by atoms with van der Waals surface area (Å²) in [4.78, 5) is 0. The van der Waals surface area contributed by atoms with Gasteiger partial charge in [-0.15, -0.1) is 0 Å². The summed E-state index contributed by atoms with van der Waals surface area (Å²) >= 11 is 3.32. The van der Waals surface area contributed by atoms with Crippen LogP contribution in [0.3, 0.4) is 0 Å². The fourth-order valence-corrected chi connectivity index (χ4v) is 1.75. The number of alkyl halides is 1. The van der Waals surface area contributed by atoms with Crippen LogP contribution in [0.2, 0.25) is 0 Å². The van der Waals surface area contributed by atoms with Gasteiger partial charge in [0.15, 0.2) is 16.5 Å². The van der Waals surface area contributed by atoms with Gasteiger partial charge in [-0.2, -0.15) is 0 Å². The van der Waals surface area contributed by atoms with E-state index in [0.29, 0.717) is 5.75 Å². The highest BCUT2D eigenvalue weighted by Gasteiger charge is 2.22. The second-order valence-electron chi connectivity index (χ2n) is 2.50. The number of benzene rings is 1. The number of phenolic OH excluding ortho intramolecular Hbond substituents is 1. The molecule has 2 nitrogen and oxygen atoms in total. The zero-order valence-electron chi connectivity index (χ0n) is 5.75. The van der Waals surface area contributed by atoms with Crippen molar-refractivity contribution < 1.29 is 9.84 Å². The molecule has 1 aromatic rings. The topological polar surface area (TPSA) is 29.5 Å². The van der Waals surface area contributed by atoms with E-state index in [-0.39, 0.29) is 10.8 Å². The summed E-state index contributed by atoms with van der Waals surface area (Å²) in [6, 6.07) is 5.41. The van der Waals surface area contributed by atoms with Crippen LogP contribution >= 0.6 is 15.9 Å². The van der Waals surface area contributed by atoms with Crippen LogP contribution < -0.4 is 4.74 Å². The maximum Gasteiger partial charge on any atom is 0.166 e. The molecule has 0 amide bonds. The van der Waals surface area contributed by atoms with E-state index < -0.39 is 0 Å². The van der Waals surface area contributed by atoms with E-state index >= 15 is 0 Å². The summed E-state index contributed by atoms with van der Waals surface area (Å²) in [5.41, 5.74) is 1.06. The number of halogens is 1. The van der Waals surface area contributed by atoms with Gasteiger partial charge < -0.3 is 9.84 Å². The average molecular weight is 215 g/mol. The highest BCUT2D eigenvalue weighted by molar-refractivity contribution is 9.09. The highest BCUT2D eigenvalue weighted by atomic mass is 79.9. The summed E-state index contributed by atoms with van der Waals surface area (Å²) < 4.78 is 5.30. The van der Waals surface area contributed by atoms with Gasteiger partial charge in [0.2, 0.25) is 0 Å². The van der Waals surface area contributed by atoms with E-state index in [1.165, 1.54) is 0 Å². The molecular formula is C8H7BrO2. The minimum Gasteiger partial charge on any atom is -0.504 e. The minimum atomic E-state index is 0.0193. The van der Waals surface area contributed by atoms with E-state index in [2.05, 4.69) is 15.9 Å². The maximum atomic E-state index is 9.30. The van der Waals surface area contributed by atoms with Crippen molar-refractivity contribution in [1.82, 2.24) is 0 Å². The summed E-state index contributed by atoms with van der Waals surface area (Å²) in [5.74, 6) is 0.846. The van der Waals surface area contributed by atoms with Crippen molar-refractivity contribution in [3.05, 3.63) is 23.8 Å². The van der Waals surface area contributed by atoms with Crippen LogP contribution in [0.15, 0.2) is 18.2 Å². The average Bonchev–Trinajstić information content (AvgIpc) is 2.31. The SMILES string of the molecule is Oc1cccc2c1OC(Br)C2. The first kappa shape index (κ1) is 6.98. The van der Waals surface area contributed by atoms with Crippen LogP contribution in [0.25, 0.3) is 0 Å². The van der Waals surface area contributed by atoms with Gasteiger partial charge >= 0.3 is 0 Å². The molecule has 0 spiro atoms. The first-order valence-corrected chi connectivity index (χ1v) is 4.30. The van der Waals surface area contributed by atoms with Crippen molar-refractivity contribution in [1.29, 1.82) is 0 Å². The van der Waals surface area contributed by atoms with E-state index in [9.17, 15) is 5.11 Å². The molecule has 1 unspecified atom stereocenters. The predicted octanol–water partition coefficient (Wildman–Crippen LogP) is 2.05. The van der Waals surface area contributed by atoms with Crippen LogP contribution in [0, 0.1) is 0 Å².